The molecule has 3 aromatic carbocycles. The summed E-state index contributed by atoms with van der Waals surface area (Å²) in [7, 11) is 9.08. The predicted octanol–water partition coefficient (Wildman–Crippen LogP) is 8.04. The summed E-state index contributed by atoms with van der Waals surface area (Å²) in [6, 6.07) is 25.9. The van der Waals surface area contributed by atoms with Crippen LogP contribution in [-0.2, 0) is 6.54 Å². The summed E-state index contributed by atoms with van der Waals surface area (Å²) in [6.07, 6.45) is 11.2. The zero-order valence-corrected chi connectivity index (χ0v) is 30.6. The Labute approximate surface area is 302 Å². The normalized spacial score (nSPS) is 16.7. The standard InChI is InChI=1S/C43H50N4O4/c1-45-26-31(21-35(29-45)34-24-40(32-9-10-32)43(51-5)42(25-34)50-4)28-47(36-11-13-38(48-2)14-12-36)37-16-19-46(20-17-37)27-30-15-18-44-41(22-30)33-7-6-8-39(23-33)49-3/h6-8,11-15,18,21-26,32,37H,9-10,16-17,19-20,27-29H2,1-5H3. The van der Waals surface area contributed by atoms with Gasteiger partial charge < -0.3 is 28.7 Å². The van der Waals surface area contributed by atoms with Crippen LogP contribution in [0.5, 0.6) is 23.0 Å². The van der Waals surface area contributed by atoms with Crippen molar-refractivity contribution in [3.63, 3.8) is 0 Å². The van der Waals surface area contributed by atoms with Crippen molar-refractivity contribution >= 4 is 11.3 Å². The molecule has 1 saturated heterocycles. The number of aromatic nitrogens is 1. The molecule has 3 heterocycles. The molecule has 1 saturated carbocycles. The van der Waals surface area contributed by atoms with Crippen molar-refractivity contribution < 1.29 is 18.9 Å². The molecule has 7 rings (SSSR count). The number of nitrogens with zero attached hydrogens (tertiary/aromatic N) is 4. The van der Waals surface area contributed by atoms with Gasteiger partial charge in [0.25, 0.3) is 0 Å². The van der Waals surface area contributed by atoms with Crippen LogP contribution >= 0.6 is 0 Å². The Kier molecular flexibility index (Phi) is 10.5. The summed E-state index contributed by atoms with van der Waals surface area (Å²) < 4.78 is 22.6. The third kappa shape index (κ3) is 8.02. The lowest BCUT2D eigenvalue weighted by Crippen LogP contribution is -2.45. The van der Waals surface area contributed by atoms with E-state index in [-0.39, 0.29) is 0 Å². The molecule has 266 valence electrons. The highest BCUT2D eigenvalue weighted by atomic mass is 16.5. The van der Waals surface area contributed by atoms with Crippen LogP contribution in [0.3, 0.4) is 0 Å². The van der Waals surface area contributed by atoms with E-state index in [4.69, 9.17) is 18.9 Å². The van der Waals surface area contributed by atoms with E-state index in [2.05, 4.69) is 93.6 Å². The van der Waals surface area contributed by atoms with E-state index in [0.717, 1.165) is 79.8 Å². The zero-order chi connectivity index (χ0) is 35.3. The van der Waals surface area contributed by atoms with Crippen LogP contribution < -0.4 is 23.8 Å². The van der Waals surface area contributed by atoms with Gasteiger partial charge in [-0.25, -0.2) is 0 Å². The Hall–Kier alpha value is -4.95. The molecule has 0 N–H and O–H groups in total. The number of rotatable bonds is 13. The number of methoxy groups -OCH3 is 4. The first-order valence-electron chi connectivity index (χ1n) is 18.0. The molecule has 8 heteroatoms. The Morgan fingerprint density at radius 2 is 1.57 bits per heavy atom. The van der Waals surface area contributed by atoms with Gasteiger partial charge in [0, 0.05) is 75.0 Å². The first-order valence-corrected chi connectivity index (χ1v) is 18.0. The van der Waals surface area contributed by atoms with Crippen molar-refractivity contribution in [2.75, 3.05) is 66.6 Å². The highest BCUT2D eigenvalue weighted by Gasteiger charge is 2.30. The van der Waals surface area contributed by atoms with Gasteiger partial charge in [-0.1, -0.05) is 18.2 Å². The van der Waals surface area contributed by atoms with E-state index >= 15 is 0 Å². The minimum atomic E-state index is 0.409. The number of piperidine rings is 1. The lowest BCUT2D eigenvalue weighted by atomic mass is 9.95. The second-order valence-corrected chi connectivity index (χ2v) is 14.0. The monoisotopic (exact) mass is 686 g/mol. The molecular weight excluding hydrogens is 636 g/mol. The van der Waals surface area contributed by atoms with Crippen LogP contribution in [0.2, 0.25) is 0 Å². The molecule has 0 amide bonds. The largest absolute Gasteiger partial charge is 0.497 e. The fraction of sp³-hybridized carbons (Fsp3) is 0.372. The maximum atomic E-state index is 5.83. The molecule has 1 aliphatic carbocycles. The number of benzene rings is 3. The molecule has 0 bridgehead atoms. The molecule has 0 atom stereocenters. The van der Waals surface area contributed by atoms with E-state index < -0.39 is 0 Å². The van der Waals surface area contributed by atoms with E-state index in [1.54, 1.807) is 28.4 Å². The predicted molar refractivity (Wildman–Crippen MR) is 205 cm³/mol. The number of anilines is 1. The number of likely N-dealkylation sites (N-methyl/N-ethyl adjacent to an activating group) is 1. The van der Waals surface area contributed by atoms with Gasteiger partial charge in [-0.05, 0) is 115 Å². The number of hydrogen-bond acceptors (Lipinski definition) is 8. The van der Waals surface area contributed by atoms with Crippen LogP contribution in [0.15, 0.2) is 96.8 Å². The third-order valence-corrected chi connectivity index (χ3v) is 10.4. The van der Waals surface area contributed by atoms with Gasteiger partial charge in [-0.3, -0.25) is 9.88 Å². The highest BCUT2D eigenvalue weighted by Crippen LogP contribution is 2.49. The molecule has 1 aromatic heterocycles. The third-order valence-electron chi connectivity index (χ3n) is 10.4. The Morgan fingerprint density at radius 3 is 2.27 bits per heavy atom. The lowest BCUT2D eigenvalue weighted by Gasteiger charge is -2.40. The van der Waals surface area contributed by atoms with Crippen LogP contribution in [-0.4, -0.2) is 82.5 Å². The molecule has 51 heavy (non-hydrogen) atoms. The van der Waals surface area contributed by atoms with Gasteiger partial charge >= 0.3 is 0 Å². The summed E-state index contributed by atoms with van der Waals surface area (Å²) >= 11 is 0. The smallest absolute Gasteiger partial charge is 0.164 e. The van der Waals surface area contributed by atoms with E-state index in [9.17, 15) is 0 Å². The molecule has 2 fully saturated rings. The molecule has 0 spiro atoms. The van der Waals surface area contributed by atoms with Gasteiger partial charge in [0.1, 0.15) is 11.5 Å². The van der Waals surface area contributed by atoms with Gasteiger partial charge in [-0.15, -0.1) is 0 Å². The molecule has 4 aromatic rings. The van der Waals surface area contributed by atoms with Crippen molar-refractivity contribution in [2.45, 2.75) is 44.2 Å². The fourth-order valence-corrected chi connectivity index (χ4v) is 7.60. The number of pyridine rings is 1. The minimum Gasteiger partial charge on any atom is -0.497 e. The molecule has 0 radical (unpaired) electrons. The van der Waals surface area contributed by atoms with Crippen LogP contribution in [0, 0.1) is 0 Å². The molecule has 0 unspecified atom stereocenters. The fourth-order valence-electron chi connectivity index (χ4n) is 7.60. The Morgan fingerprint density at radius 1 is 0.784 bits per heavy atom. The number of hydrogen-bond donors (Lipinski definition) is 0. The molecule has 2 aliphatic heterocycles. The zero-order valence-electron chi connectivity index (χ0n) is 30.6. The summed E-state index contributed by atoms with van der Waals surface area (Å²) in [5.41, 5.74) is 9.61. The van der Waals surface area contributed by atoms with Gasteiger partial charge in [0.2, 0.25) is 0 Å². The quantitative estimate of drug-likeness (QED) is 0.140. The molecule has 3 aliphatic rings. The SMILES string of the molecule is COc1ccc(N(CC2=CN(C)CC(c3cc(OC)c(OC)c(C4CC4)c3)=C2)C2CCN(Cc3ccnc(-c4cccc(OC)c4)c3)CC2)cc1. The van der Waals surface area contributed by atoms with Crippen molar-refractivity contribution in [1.29, 1.82) is 0 Å². The Bertz CT molecular complexity index is 1880. The summed E-state index contributed by atoms with van der Waals surface area (Å²) in [5, 5.41) is 0. The van der Waals surface area contributed by atoms with Crippen molar-refractivity contribution in [3.05, 3.63) is 114 Å². The van der Waals surface area contributed by atoms with Crippen molar-refractivity contribution in [3.8, 4) is 34.3 Å². The highest BCUT2D eigenvalue weighted by molar-refractivity contribution is 5.75. The van der Waals surface area contributed by atoms with Crippen molar-refractivity contribution in [2.24, 2.45) is 0 Å². The van der Waals surface area contributed by atoms with Crippen LogP contribution in [0.1, 0.15) is 48.3 Å². The average Bonchev–Trinajstić information content (AvgIpc) is 4.03. The van der Waals surface area contributed by atoms with E-state index in [1.807, 2.05) is 24.4 Å². The number of likely N-dealkylation sites (tertiary alicyclic amines) is 1. The average molecular weight is 687 g/mol. The first kappa shape index (κ1) is 34.5. The summed E-state index contributed by atoms with van der Waals surface area (Å²) in [5.74, 6) is 3.96. The van der Waals surface area contributed by atoms with E-state index in [0.29, 0.717) is 12.0 Å². The number of ether oxygens (including phenoxy) is 4. The minimum absolute atomic E-state index is 0.409. The Balaban J connectivity index is 1.09. The van der Waals surface area contributed by atoms with Crippen molar-refractivity contribution in [1.82, 2.24) is 14.8 Å². The summed E-state index contributed by atoms with van der Waals surface area (Å²) in [6.45, 7) is 4.64. The maximum Gasteiger partial charge on any atom is 0.164 e. The maximum absolute atomic E-state index is 5.83. The lowest BCUT2D eigenvalue weighted by molar-refractivity contribution is 0.202. The molecule has 8 nitrogen and oxygen atoms in total. The van der Waals surface area contributed by atoms with E-state index in [1.165, 1.54) is 46.4 Å². The van der Waals surface area contributed by atoms with Crippen LogP contribution in [0.4, 0.5) is 5.69 Å². The summed E-state index contributed by atoms with van der Waals surface area (Å²) in [4.78, 5) is 12.1. The first-order chi connectivity index (χ1) is 24.9. The molecular formula is C43H50N4O4. The topological polar surface area (TPSA) is 59.5 Å². The second kappa shape index (κ2) is 15.5. The second-order valence-electron chi connectivity index (χ2n) is 14.0. The van der Waals surface area contributed by atoms with Gasteiger partial charge in [-0.2, -0.15) is 0 Å². The van der Waals surface area contributed by atoms with Gasteiger partial charge in [0.15, 0.2) is 11.5 Å². The van der Waals surface area contributed by atoms with Crippen LogP contribution in [0.25, 0.3) is 16.8 Å². The van der Waals surface area contributed by atoms with Gasteiger partial charge in [0.05, 0.1) is 34.1 Å².